The molecule has 0 bridgehead atoms. The van der Waals surface area contributed by atoms with Gasteiger partial charge in [-0.1, -0.05) is 51.0 Å². The zero-order valence-electron chi connectivity index (χ0n) is 10.8. The zero-order valence-corrected chi connectivity index (χ0v) is 10.8. The van der Waals surface area contributed by atoms with Crippen LogP contribution in [0.15, 0.2) is 23.3 Å². The standard InChI is InChI=1S/C15H24/c1-10(2)13-9-12(4)15(5)7-6-11(3)8-14(13)15/h6,8,10,12-13H,7,9H2,1-5H3/t12-,13+,15-/m1/s1. The van der Waals surface area contributed by atoms with E-state index < -0.39 is 0 Å². The van der Waals surface area contributed by atoms with Crippen molar-refractivity contribution in [2.75, 3.05) is 0 Å². The van der Waals surface area contributed by atoms with Crippen molar-refractivity contribution >= 4 is 0 Å². The number of allylic oxidation sites excluding steroid dienone is 4. The Labute approximate surface area is 94.5 Å². The van der Waals surface area contributed by atoms with Crippen molar-refractivity contribution in [2.24, 2.45) is 23.2 Å². The highest BCUT2D eigenvalue weighted by atomic mass is 14.5. The molecule has 0 heterocycles. The molecule has 0 nitrogen and oxygen atoms in total. The van der Waals surface area contributed by atoms with Crippen molar-refractivity contribution in [2.45, 2.75) is 47.5 Å². The Kier molecular flexibility index (Phi) is 2.56. The first-order chi connectivity index (χ1) is 6.95. The highest BCUT2D eigenvalue weighted by Gasteiger charge is 2.46. The molecule has 0 aromatic heterocycles. The van der Waals surface area contributed by atoms with Crippen molar-refractivity contribution in [1.29, 1.82) is 0 Å². The quantitative estimate of drug-likeness (QED) is 0.586. The second-order valence-electron chi connectivity index (χ2n) is 6.16. The molecule has 84 valence electrons. The average molecular weight is 204 g/mol. The van der Waals surface area contributed by atoms with Gasteiger partial charge in [0.25, 0.3) is 0 Å². The first-order valence-corrected chi connectivity index (χ1v) is 6.34. The highest BCUT2D eigenvalue weighted by molar-refractivity contribution is 5.36. The largest absolute Gasteiger partial charge is 0.0807 e. The van der Waals surface area contributed by atoms with E-state index in [9.17, 15) is 0 Å². The Morgan fingerprint density at radius 3 is 2.67 bits per heavy atom. The van der Waals surface area contributed by atoms with Gasteiger partial charge in [0, 0.05) is 0 Å². The van der Waals surface area contributed by atoms with E-state index in [4.69, 9.17) is 0 Å². The summed E-state index contributed by atoms with van der Waals surface area (Å²) in [4.78, 5) is 0. The summed E-state index contributed by atoms with van der Waals surface area (Å²) in [6.07, 6.45) is 7.54. The van der Waals surface area contributed by atoms with E-state index >= 15 is 0 Å². The van der Waals surface area contributed by atoms with E-state index in [1.165, 1.54) is 18.4 Å². The molecule has 0 heteroatoms. The SMILES string of the molecule is CC1=CC[C@@]2(C)C(=C1)[C@H](C(C)C)C[C@H]2C. The van der Waals surface area contributed by atoms with Gasteiger partial charge in [0.05, 0.1) is 0 Å². The van der Waals surface area contributed by atoms with Gasteiger partial charge in [-0.05, 0) is 42.9 Å². The first-order valence-electron chi connectivity index (χ1n) is 6.34. The predicted molar refractivity (Wildman–Crippen MR) is 66.7 cm³/mol. The van der Waals surface area contributed by atoms with E-state index in [2.05, 4.69) is 46.8 Å². The molecule has 1 fully saturated rings. The summed E-state index contributed by atoms with van der Waals surface area (Å²) in [6, 6.07) is 0. The summed E-state index contributed by atoms with van der Waals surface area (Å²) in [5.74, 6) is 2.47. The van der Waals surface area contributed by atoms with E-state index in [-0.39, 0.29) is 0 Å². The topological polar surface area (TPSA) is 0 Å². The lowest BCUT2D eigenvalue weighted by Gasteiger charge is -2.34. The fourth-order valence-electron chi connectivity index (χ4n) is 3.38. The third-order valence-corrected chi connectivity index (χ3v) is 4.79. The van der Waals surface area contributed by atoms with Crippen LogP contribution >= 0.6 is 0 Å². The van der Waals surface area contributed by atoms with Gasteiger partial charge in [-0.15, -0.1) is 0 Å². The Morgan fingerprint density at radius 1 is 1.40 bits per heavy atom. The van der Waals surface area contributed by atoms with Crippen LogP contribution in [0, 0.1) is 23.2 Å². The lowest BCUT2D eigenvalue weighted by molar-refractivity contribution is 0.297. The fraction of sp³-hybridized carbons (Fsp3) is 0.733. The summed E-state index contributed by atoms with van der Waals surface area (Å²) >= 11 is 0. The number of hydrogen-bond acceptors (Lipinski definition) is 0. The molecule has 2 aliphatic carbocycles. The Hall–Kier alpha value is -0.520. The number of rotatable bonds is 1. The van der Waals surface area contributed by atoms with E-state index in [0.717, 1.165) is 17.8 Å². The summed E-state index contributed by atoms with van der Waals surface area (Å²) in [5.41, 5.74) is 3.68. The smallest absolute Gasteiger partial charge is 0.00498 e. The van der Waals surface area contributed by atoms with Gasteiger partial charge in [0.15, 0.2) is 0 Å². The van der Waals surface area contributed by atoms with E-state index in [0.29, 0.717) is 5.41 Å². The van der Waals surface area contributed by atoms with Crippen LogP contribution in [0.5, 0.6) is 0 Å². The summed E-state index contributed by atoms with van der Waals surface area (Å²) in [7, 11) is 0. The Bertz CT molecular complexity index is 319. The Morgan fingerprint density at radius 2 is 2.07 bits per heavy atom. The van der Waals surface area contributed by atoms with E-state index in [1.54, 1.807) is 5.57 Å². The lowest BCUT2D eigenvalue weighted by Crippen LogP contribution is -2.24. The molecule has 0 saturated heterocycles. The molecule has 0 aromatic rings. The molecule has 0 unspecified atom stereocenters. The molecule has 0 radical (unpaired) electrons. The summed E-state index contributed by atoms with van der Waals surface area (Å²) in [6.45, 7) is 11.9. The molecular formula is C15H24. The third-order valence-electron chi connectivity index (χ3n) is 4.79. The lowest BCUT2D eigenvalue weighted by atomic mass is 9.70. The van der Waals surface area contributed by atoms with Crippen LogP contribution in [0.25, 0.3) is 0 Å². The van der Waals surface area contributed by atoms with Crippen LogP contribution in [0.1, 0.15) is 47.5 Å². The highest BCUT2D eigenvalue weighted by Crippen LogP contribution is 2.56. The second kappa shape index (κ2) is 3.50. The minimum absolute atomic E-state index is 0.467. The summed E-state index contributed by atoms with van der Waals surface area (Å²) in [5, 5.41) is 0. The number of hydrogen-bond donors (Lipinski definition) is 0. The minimum Gasteiger partial charge on any atom is -0.0807 e. The summed E-state index contributed by atoms with van der Waals surface area (Å²) < 4.78 is 0. The van der Waals surface area contributed by atoms with Gasteiger partial charge in [-0.3, -0.25) is 0 Å². The molecule has 0 amide bonds. The third kappa shape index (κ3) is 1.58. The molecule has 2 rings (SSSR count). The Balaban J connectivity index is 2.39. The molecular weight excluding hydrogens is 180 g/mol. The van der Waals surface area contributed by atoms with Gasteiger partial charge in [-0.25, -0.2) is 0 Å². The monoisotopic (exact) mass is 204 g/mol. The van der Waals surface area contributed by atoms with Crippen LogP contribution in [-0.4, -0.2) is 0 Å². The van der Waals surface area contributed by atoms with Crippen LogP contribution in [0.4, 0.5) is 0 Å². The van der Waals surface area contributed by atoms with Crippen molar-refractivity contribution < 1.29 is 0 Å². The van der Waals surface area contributed by atoms with Gasteiger partial charge in [0.2, 0.25) is 0 Å². The second-order valence-corrected chi connectivity index (χ2v) is 6.16. The maximum Gasteiger partial charge on any atom is -0.00498 e. The molecule has 2 aliphatic rings. The van der Waals surface area contributed by atoms with Crippen LogP contribution in [0.2, 0.25) is 0 Å². The first kappa shape index (κ1) is 11.0. The average Bonchev–Trinajstić information content (AvgIpc) is 2.41. The predicted octanol–water partition coefficient (Wildman–Crippen LogP) is 4.58. The van der Waals surface area contributed by atoms with E-state index in [1.807, 2.05) is 0 Å². The van der Waals surface area contributed by atoms with Crippen LogP contribution in [0.3, 0.4) is 0 Å². The van der Waals surface area contributed by atoms with Gasteiger partial charge < -0.3 is 0 Å². The van der Waals surface area contributed by atoms with Gasteiger partial charge in [-0.2, -0.15) is 0 Å². The molecule has 0 aromatic carbocycles. The zero-order chi connectivity index (χ0) is 11.2. The normalized spacial score (nSPS) is 40.1. The molecule has 0 spiro atoms. The van der Waals surface area contributed by atoms with Crippen molar-refractivity contribution in [1.82, 2.24) is 0 Å². The maximum atomic E-state index is 2.47. The maximum absolute atomic E-state index is 2.47. The van der Waals surface area contributed by atoms with Crippen LogP contribution in [-0.2, 0) is 0 Å². The molecule has 0 N–H and O–H groups in total. The molecule has 0 aliphatic heterocycles. The van der Waals surface area contributed by atoms with Crippen molar-refractivity contribution in [3.8, 4) is 0 Å². The van der Waals surface area contributed by atoms with Gasteiger partial charge >= 0.3 is 0 Å². The van der Waals surface area contributed by atoms with Gasteiger partial charge in [0.1, 0.15) is 0 Å². The van der Waals surface area contributed by atoms with Crippen LogP contribution < -0.4 is 0 Å². The molecule has 3 atom stereocenters. The fourth-order valence-corrected chi connectivity index (χ4v) is 3.38. The van der Waals surface area contributed by atoms with Crippen molar-refractivity contribution in [3.63, 3.8) is 0 Å². The molecule has 1 saturated carbocycles. The molecule has 15 heavy (non-hydrogen) atoms. The van der Waals surface area contributed by atoms with Crippen molar-refractivity contribution in [3.05, 3.63) is 23.3 Å². The number of fused-ring (bicyclic) bond motifs is 1. The minimum atomic E-state index is 0.467.